The number of benzene rings is 1. The van der Waals surface area contributed by atoms with Crippen LogP contribution in [0.3, 0.4) is 0 Å². The van der Waals surface area contributed by atoms with Crippen LogP contribution in [0.2, 0.25) is 10.2 Å². The number of aryl methyl sites for hydroxylation is 2. The lowest BCUT2D eigenvalue weighted by Crippen LogP contribution is -2.04. The molecule has 0 saturated heterocycles. The van der Waals surface area contributed by atoms with E-state index in [1.54, 1.807) is 17.8 Å². The van der Waals surface area contributed by atoms with Crippen LogP contribution in [0.4, 0.5) is 0 Å². The fourth-order valence-corrected chi connectivity index (χ4v) is 3.53. The fraction of sp³-hybridized carbons (Fsp3) is 0.188. The molecule has 5 nitrogen and oxygen atoms in total. The predicted molar refractivity (Wildman–Crippen MR) is 94.6 cm³/mol. The van der Waals surface area contributed by atoms with Crippen molar-refractivity contribution >= 4 is 40.5 Å². The van der Waals surface area contributed by atoms with E-state index in [2.05, 4.69) is 10.1 Å². The van der Waals surface area contributed by atoms with Crippen LogP contribution in [0.15, 0.2) is 30.5 Å². The molecule has 0 aliphatic rings. The van der Waals surface area contributed by atoms with Crippen molar-refractivity contribution in [1.29, 1.82) is 0 Å². The number of rotatable bonds is 4. The minimum Gasteiger partial charge on any atom is -0.456 e. The Hall–Kier alpha value is -1.89. The van der Waals surface area contributed by atoms with Crippen molar-refractivity contribution in [3.05, 3.63) is 56.8 Å². The van der Waals surface area contributed by atoms with Crippen LogP contribution in [-0.4, -0.2) is 20.7 Å². The summed E-state index contributed by atoms with van der Waals surface area (Å²) in [6, 6.07) is 7.35. The lowest BCUT2D eigenvalue weighted by molar-refractivity contribution is 0.0478. The molecule has 0 aliphatic heterocycles. The third kappa shape index (κ3) is 3.31. The van der Waals surface area contributed by atoms with Gasteiger partial charge in [0, 0.05) is 18.2 Å². The first-order valence-electron chi connectivity index (χ1n) is 7.03. The van der Waals surface area contributed by atoms with Crippen molar-refractivity contribution in [3.8, 4) is 10.6 Å². The van der Waals surface area contributed by atoms with Crippen LogP contribution in [-0.2, 0) is 18.4 Å². The van der Waals surface area contributed by atoms with Gasteiger partial charge in [-0.05, 0) is 13.0 Å². The average molecular weight is 382 g/mol. The molecule has 3 aromatic rings. The minimum atomic E-state index is -0.454. The highest BCUT2D eigenvalue weighted by molar-refractivity contribution is 7.16. The molecule has 0 fully saturated rings. The van der Waals surface area contributed by atoms with Crippen molar-refractivity contribution in [2.45, 2.75) is 13.5 Å². The molecule has 0 radical (unpaired) electrons. The van der Waals surface area contributed by atoms with Crippen molar-refractivity contribution in [2.75, 3.05) is 0 Å². The van der Waals surface area contributed by atoms with Crippen molar-refractivity contribution in [3.63, 3.8) is 0 Å². The number of esters is 1. The summed E-state index contributed by atoms with van der Waals surface area (Å²) in [6.07, 6.45) is 1.49. The Morgan fingerprint density at radius 3 is 2.75 bits per heavy atom. The Morgan fingerprint density at radius 1 is 1.33 bits per heavy atom. The maximum Gasteiger partial charge on any atom is 0.350 e. The zero-order chi connectivity index (χ0) is 17.3. The molecule has 0 atom stereocenters. The van der Waals surface area contributed by atoms with Gasteiger partial charge in [0.1, 0.15) is 21.6 Å². The molecular weight excluding hydrogens is 369 g/mol. The first-order valence-corrected chi connectivity index (χ1v) is 8.60. The number of thiazole rings is 1. The van der Waals surface area contributed by atoms with Gasteiger partial charge < -0.3 is 4.74 Å². The Labute approximate surface area is 152 Å². The molecule has 0 aliphatic carbocycles. The van der Waals surface area contributed by atoms with E-state index in [4.69, 9.17) is 27.9 Å². The van der Waals surface area contributed by atoms with E-state index in [1.165, 1.54) is 17.5 Å². The van der Waals surface area contributed by atoms with E-state index < -0.39 is 5.97 Å². The van der Waals surface area contributed by atoms with Crippen LogP contribution in [0, 0.1) is 6.92 Å². The van der Waals surface area contributed by atoms with Crippen molar-refractivity contribution in [2.24, 2.45) is 7.05 Å². The maximum absolute atomic E-state index is 12.2. The summed E-state index contributed by atoms with van der Waals surface area (Å²) in [5.74, 6) is -0.454. The number of nitrogens with zero attached hydrogens (tertiary/aromatic N) is 3. The lowest BCUT2D eigenvalue weighted by Gasteiger charge is -2.03. The maximum atomic E-state index is 12.2. The predicted octanol–water partition coefficient (Wildman–Crippen LogP) is 4.52. The van der Waals surface area contributed by atoms with Gasteiger partial charge in [0.15, 0.2) is 0 Å². The molecule has 1 aromatic carbocycles. The smallest absolute Gasteiger partial charge is 0.350 e. The van der Waals surface area contributed by atoms with E-state index in [9.17, 15) is 4.79 Å². The topological polar surface area (TPSA) is 57.0 Å². The number of carbonyl (C=O) groups excluding carboxylic acids is 1. The summed E-state index contributed by atoms with van der Waals surface area (Å²) in [4.78, 5) is 16.9. The van der Waals surface area contributed by atoms with Crippen molar-refractivity contribution in [1.82, 2.24) is 14.8 Å². The van der Waals surface area contributed by atoms with Crippen LogP contribution < -0.4 is 0 Å². The van der Waals surface area contributed by atoms with Gasteiger partial charge in [0.05, 0.1) is 16.9 Å². The number of hydrogen-bond donors (Lipinski definition) is 0. The minimum absolute atomic E-state index is 0.0661. The SMILES string of the molecule is Cc1nn(C)c(Cl)c1COC(=O)c1cnc(-c2ccccc2Cl)s1. The van der Waals surface area contributed by atoms with Crippen LogP contribution in [0.25, 0.3) is 10.6 Å². The summed E-state index contributed by atoms with van der Waals surface area (Å²) < 4.78 is 6.87. The van der Waals surface area contributed by atoms with E-state index >= 15 is 0 Å². The standard InChI is InChI=1S/C16H13Cl2N3O2S/c1-9-11(14(18)21(2)20-9)8-23-16(22)13-7-19-15(24-13)10-5-3-4-6-12(10)17/h3-7H,8H2,1-2H3. The van der Waals surface area contributed by atoms with Crippen LogP contribution in [0.5, 0.6) is 0 Å². The number of carbonyl (C=O) groups is 1. The molecule has 0 saturated carbocycles. The zero-order valence-electron chi connectivity index (χ0n) is 12.9. The number of aromatic nitrogens is 3. The van der Waals surface area contributed by atoms with Gasteiger partial charge in [-0.3, -0.25) is 4.68 Å². The zero-order valence-corrected chi connectivity index (χ0v) is 15.2. The normalized spacial score (nSPS) is 10.8. The first kappa shape index (κ1) is 17.0. The summed E-state index contributed by atoms with van der Waals surface area (Å²) >= 11 is 13.5. The van der Waals surface area contributed by atoms with E-state index in [0.29, 0.717) is 25.6 Å². The lowest BCUT2D eigenvalue weighted by atomic mass is 10.2. The largest absolute Gasteiger partial charge is 0.456 e. The second-order valence-electron chi connectivity index (χ2n) is 5.06. The van der Waals surface area contributed by atoms with E-state index in [1.807, 2.05) is 25.1 Å². The summed E-state index contributed by atoms with van der Waals surface area (Å²) in [7, 11) is 1.74. The average Bonchev–Trinajstić information content (AvgIpc) is 3.12. The number of halogens is 2. The van der Waals surface area contributed by atoms with Crippen molar-refractivity contribution < 1.29 is 9.53 Å². The molecule has 0 spiro atoms. The van der Waals surface area contributed by atoms with E-state index in [-0.39, 0.29) is 6.61 Å². The summed E-state index contributed by atoms with van der Waals surface area (Å²) in [5, 5.41) is 5.90. The highest BCUT2D eigenvalue weighted by Gasteiger charge is 2.17. The second kappa shape index (κ2) is 6.93. The summed E-state index contributed by atoms with van der Waals surface area (Å²) in [5.41, 5.74) is 2.22. The van der Waals surface area contributed by atoms with Gasteiger partial charge in [-0.1, -0.05) is 41.4 Å². The molecule has 8 heteroatoms. The first-order chi connectivity index (χ1) is 11.5. The molecule has 24 heavy (non-hydrogen) atoms. The van der Waals surface area contributed by atoms with Gasteiger partial charge in [0.25, 0.3) is 0 Å². The Kier molecular flexibility index (Phi) is 4.89. The Bertz CT molecular complexity index is 905. The van der Waals surface area contributed by atoms with E-state index in [0.717, 1.165) is 11.3 Å². The molecule has 0 N–H and O–H groups in total. The van der Waals surface area contributed by atoms with Crippen LogP contribution >= 0.6 is 34.5 Å². The van der Waals surface area contributed by atoms with Gasteiger partial charge in [-0.2, -0.15) is 5.10 Å². The fourth-order valence-electron chi connectivity index (χ4n) is 2.17. The third-order valence-electron chi connectivity index (χ3n) is 3.43. The molecule has 2 aromatic heterocycles. The summed E-state index contributed by atoms with van der Waals surface area (Å²) in [6.45, 7) is 1.88. The third-order valence-corrected chi connectivity index (χ3v) is 5.24. The van der Waals surface area contributed by atoms with Gasteiger partial charge in [0.2, 0.25) is 0 Å². The second-order valence-corrected chi connectivity index (χ2v) is 6.86. The molecule has 124 valence electrons. The molecular formula is C16H13Cl2N3O2S. The van der Waals surface area contributed by atoms with Gasteiger partial charge in [-0.25, -0.2) is 9.78 Å². The van der Waals surface area contributed by atoms with Gasteiger partial charge in [-0.15, -0.1) is 11.3 Å². The number of ether oxygens (including phenoxy) is 1. The highest BCUT2D eigenvalue weighted by Crippen LogP contribution is 2.31. The Balaban J connectivity index is 1.74. The molecule has 2 heterocycles. The molecule has 0 bridgehead atoms. The number of hydrogen-bond acceptors (Lipinski definition) is 5. The van der Waals surface area contributed by atoms with Crippen LogP contribution in [0.1, 0.15) is 20.9 Å². The van der Waals surface area contributed by atoms with Gasteiger partial charge >= 0.3 is 5.97 Å². The quantitative estimate of drug-likeness (QED) is 0.623. The molecule has 0 amide bonds. The monoisotopic (exact) mass is 381 g/mol. The molecule has 3 rings (SSSR count). The highest BCUT2D eigenvalue weighted by atomic mass is 35.5. The molecule has 0 unspecified atom stereocenters. The Morgan fingerprint density at radius 2 is 2.08 bits per heavy atom.